The number of alkyl carbamates (subject to hydrolysis) is 1. The van der Waals surface area contributed by atoms with Gasteiger partial charge in [-0.2, -0.15) is 92.2 Å². The van der Waals surface area contributed by atoms with Gasteiger partial charge in [-0.3, -0.25) is 0 Å². The van der Waals surface area contributed by atoms with Gasteiger partial charge in [0.15, 0.2) is 11.7 Å². The molecule has 30 heteroatoms. The molecule has 0 atom stereocenters. The highest BCUT2D eigenvalue weighted by molar-refractivity contribution is 6.60. The van der Waals surface area contributed by atoms with Crippen LogP contribution in [0.4, 0.5) is 106 Å². The van der Waals surface area contributed by atoms with Gasteiger partial charge in [-0.05, 0) is 39.3 Å². The van der Waals surface area contributed by atoms with Crippen molar-refractivity contribution in [3.8, 4) is 0 Å². The minimum absolute atomic E-state index is 0.0240. The second-order valence-corrected chi connectivity index (χ2v) is 13.5. The molecule has 6 nitrogen and oxygen atoms in total. The van der Waals surface area contributed by atoms with Crippen molar-refractivity contribution in [2.24, 2.45) is 0 Å². The van der Waals surface area contributed by atoms with Crippen LogP contribution in [-0.4, -0.2) is 107 Å². The lowest BCUT2D eigenvalue weighted by atomic mass is 9.92. The molecule has 0 aliphatic rings. The van der Waals surface area contributed by atoms with Crippen LogP contribution in [0, 0.1) is 0 Å². The van der Waals surface area contributed by atoms with Gasteiger partial charge in [0, 0.05) is 32.4 Å². The predicted octanol–water partition coefficient (Wildman–Crippen LogP) is 10.5. The molecule has 56 heavy (non-hydrogen) atoms. The van der Waals surface area contributed by atoms with Gasteiger partial charge in [0.2, 0.25) is 0 Å². The average molecular weight is 900 g/mol. The molecule has 0 bridgehead atoms. The molecule has 1 amide bonds. The van der Waals surface area contributed by atoms with Crippen molar-refractivity contribution in [2.45, 2.75) is 99.1 Å². The number of hydrogen-bond donors (Lipinski definition) is 1. The first-order valence-electron chi connectivity index (χ1n) is 14.9. The number of hydrogen-bond acceptors (Lipinski definition) is 5. The minimum atomic E-state index is -8.34. The highest BCUT2D eigenvalue weighted by Crippen LogP contribution is 2.61. The maximum atomic E-state index is 14.1. The maximum absolute atomic E-state index is 14.1. The summed E-state index contributed by atoms with van der Waals surface area (Å²) in [7, 11) is -3.28. The lowest BCUT2D eigenvalue weighted by Crippen LogP contribution is -2.67. The standard InChI is InChI=1S/C26H28F23NO5Si/c1-4-53-56(54-5-2,55-6-3)13-7-11-50-16(51)52-12-10-17(29,30)20(35,36)23(41,42)21(37,38)18(31,32)14(27)8-9-15(28)19(33,34)22(39,40)24(43,44)25(45,46)26(47,48)49/h8-9H,4-7,10-13H2,1-3H3,(H,50,51)/b14-8-,15-9-. The Morgan fingerprint density at radius 1 is 0.554 bits per heavy atom. The topological polar surface area (TPSA) is 66.0 Å². The van der Waals surface area contributed by atoms with Crippen LogP contribution in [0.25, 0.3) is 0 Å². The Morgan fingerprint density at radius 3 is 1.25 bits per heavy atom. The Kier molecular flexibility index (Phi) is 17.1. The minimum Gasteiger partial charge on any atom is -0.449 e. The first-order chi connectivity index (χ1) is 24.8. The lowest BCUT2D eigenvalue weighted by Gasteiger charge is -2.39. The van der Waals surface area contributed by atoms with Crippen LogP contribution in [-0.2, 0) is 18.0 Å². The van der Waals surface area contributed by atoms with Gasteiger partial charge in [0.1, 0.15) is 0 Å². The van der Waals surface area contributed by atoms with E-state index in [-0.39, 0.29) is 32.3 Å². The monoisotopic (exact) mass is 899 g/mol. The smallest absolute Gasteiger partial charge is 0.449 e. The summed E-state index contributed by atoms with van der Waals surface area (Å²) < 4.78 is 331. The summed E-state index contributed by atoms with van der Waals surface area (Å²) >= 11 is 0. The molecule has 0 saturated heterocycles. The van der Waals surface area contributed by atoms with E-state index in [4.69, 9.17) is 13.3 Å². The van der Waals surface area contributed by atoms with Gasteiger partial charge in [0.05, 0.1) is 13.0 Å². The molecule has 0 spiro atoms. The zero-order valence-electron chi connectivity index (χ0n) is 28.0. The van der Waals surface area contributed by atoms with E-state index in [2.05, 4.69) is 4.74 Å². The van der Waals surface area contributed by atoms with E-state index in [0.29, 0.717) is 0 Å². The molecule has 0 rings (SSSR count). The van der Waals surface area contributed by atoms with Gasteiger partial charge in [0.25, 0.3) is 0 Å². The molecular weight excluding hydrogens is 871 g/mol. The number of rotatable bonds is 23. The van der Waals surface area contributed by atoms with E-state index in [9.17, 15) is 106 Å². The van der Waals surface area contributed by atoms with Crippen LogP contribution in [0.5, 0.6) is 0 Å². The molecule has 0 saturated carbocycles. The molecule has 0 fully saturated rings. The van der Waals surface area contributed by atoms with Crippen molar-refractivity contribution in [2.75, 3.05) is 33.0 Å². The highest BCUT2D eigenvalue weighted by atomic mass is 28.4. The normalized spacial score (nSPS) is 15.7. The number of alkyl halides is 21. The fourth-order valence-electron chi connectivity index (χ4n) is 3.83. The first kappa shape index (κ1) is 53.2. The van der Waals surface area contributed by atoms with Gasteiger partial charge in [-0.25, -0.2) is 13.6 Å². The van der Waals surface area contributed by atoms with Crippen LogP contribution in [0.2, 0.25) is 6.04 Å². The van der Waals surface area contributed by atoms with Crippen molar-refractivity contribution in [3.63, 3.8) is 0 Å². The highest BCUT2D eigenvalue weighted by Gasteiger charge is 2.88. The second kappa shape index (κ2) is 18.0. The summed E-state index contributed by atoms with van der Waals surface area (Å²) in [6.07, 6.45) is -16.6. The first-order valence-corrected chi connectivity index (χ1v) is 16.8. The van der Waals surface area contributed by atoms with Crippen molar-refractivity contribution in [1.82, 2.24) is 5.32 Å². The number of carbonyl (C=O) groups excluding carboxylic acids is 1. The van der Waals surface area contributed by atoms with Crippen LogP contribution in [0.1, 0.15) is 33.6 Å². The van der Waals surface area contributed by atoms with Crippen LogP contribution in [0.3, 0.4) is 0 Å². The Balaban J connectivity index is 6.11. The van der Waals surface area contributed by atoms with E-state index in [1.165, 1.54) is 0 Å². The van der Waals surface area contributed by atoms with Crippen molar-refractivity contribution >= 4 is 14.9 Å². The predicted molar refractivity (Wildman–Crippen MR) is 143 cm³/mol. The lowest BCUT2D eigenvalue weighted by molar-refractivity contribution is -0.419. The van der Waals surface area contributed by atoms with Crippen molar-refractivity contribution < 1.29 is 124 Å². The van der Waals surface area contributed by atoms with E-state index < -0.39 is 118 Å². The molecule has 0 aromatic carbocycles. The second-order valence-electron chi connectivity index (χ2n) is 10.7. The molecular formula is C26H28F23NO5Si. The Hall–Kier alpha value is -2.76. The largest absolute Gasteiger partial charge is 0.500 e. The zero-order valence-corrected chi connectivity index (χ0v) is 29.0. The number of allylic oxidation sites excluding steroid dienone is 4. The molecule has 0 aliphatic carbocycles. The Bertz CT molecular complexity index is 1350. The Labute approximate surface area is 300 Å². The number of amides is 1. The molecule has 0 aliphatic heterocycles. The fourth-order valence-corrected chi connectivity index (χ4v) is 6.44. The molecule has 0 aromatic heterocycles. The van der Waals surface area contributed by atoms with Gasteiger partial charge < -0.3 is 23.3 Å². The number of ether oxygens (including phenoxy) is 1. The summed E-state index contributed by atoms with van der Waals surface area (Å²) in [6, 6.07) is 0.0240. The third-order valence-electron chi connectivity index (χ3n) is 6.83. The van der Waals surface area contributed by atoms with Gasteiger partial charge in [-0.15, -0.1) is 0 Å². The zero-order chi connectivity index (χ0) is 44.8. The van der Waals surface area contributed by atoms with E-state index in [1.807, 2.05) is 5.32 Å². The fraction of sp³-hybridized carbons (Fsp3) is 0.808. The summed E-state index contributed by atoms with van der Waals surface area (Å²) in [5, 5.41) is 1.86. The van der Waals surface area contributed by atoms with Crippen LogP contribution >= 0.6 is 0 Å². The van der Waals surface area contributed by atoms with Crippen molar-refractivity contribution in [3.05, 3.63) is 23.8 Å². The molecule has 0 radical (unpaired) electrons. The van der Waals surface area contributed by atoms with E-state index in [1.54, 1.807) is 20.8 Å². The third kappa shape index (κ3) is 10.1. The van der Waals surface area contributed by atoms with Crippen LogP contribution < -0.4 is 5.32 Å². The van der Waals surface area contributed by atoms with Gasteiger partial charge >= 0.3 is 74.4 Å². The summed E-state index contributed by atoms with van der Waals surface area (Å²) in [4.78, 5) is 11.7. The summed E-state index contributed by atoms with van der Waals surface area (Å²) in [6.45, 7) is 2.66. The number of nitrogens with one attached hydrogen (secondary N) is 1. The SMILES string of the molecule is CCO[Si](CCCNC(=O)OCCC(F)(F)C(F)(F)C(F)(F)C(F)(F)C(F)(F)/C(F)=C/C=C(\F)C(F)(F)C(F)(F)C(F)(F)C(F)(F)C(F)(F)F)(OCC)OCC. The summed E-state index contributed by atoms with van der Waals surface area (Å²) in [5.41, 5.74) is 0. The molecule has 332 valence electrons. The number of halogens is 23. The van der Waals surface area contributed by atoms with E-state index in [0.717, 1.165) is 0 Å². The molecule has 1 N–H and O–H groups in total. The molecule has 0 aromatic rings. The van der Waals surface area contributed by atoms with Crippen molar-refractivity contribution in [1.29, 1.82) is 0 Å². The molecule has 0 unspecified atom stereocenters. The Morgan fingerprint density at radius 2 is 0.911 bits per heavy atom. The van der Waals surface area contributed by atoms with Crippen LogP contribution in [0.15, 0.2) is 23.8 Å². The quantitative estimate of drug-likeness (QED) is 0.0479. The third-order valence-corrected chi connectivity index (χ3v) is 9.98. The van der Waals surface area contributed by atoms with E-state index >= 15 is 0 Å². The molecule has 0 heterocycles. The number of carbonyl (C=O) groups is 1. The summed E-state index contributed by atoms with van der Waals surface area (Å²) in [5.74, 6) is -80.0. The average Bonchev–Trinajstić information content (AvgIpc) is 3.04. The maximum Gasteiger partial charge on any atom is 0.500 e. The van der Waals surface area contributed by atoms with Gasteiger partial charge in [-0.1, -0.05) is 0 Å².